The van der Waals surface area contributed by atoms with E-state index in [0.717, 1.165) is 5.56 Å². The lowest BCUT2D eigenvalue weighted by molar-refractivity contribution is 0.261. The van der Waals surface area contributed by atoms with Crippen LogP contribution in [-0.4, -0.2) is 34.8 Å². The largest absolute Gasteiger partial charge is 0.490 e. The molecule has 0 aromatic heterocycles. The molecule has 0 aliphatic carbocycles. The first-order valence-corrected chi connectivity index (χ1v) is 8.81. The first-order valence-electron chi connectivity index (χ1n) is 7.37. The summed E-state index contributed by atoms with van der Waals surface area (Å²) in [5.74, 6) is 0.572. The molecule has 0 radical (unpaired) electrons. The van der Waals surface area contributed by atoms with E-state index in [9.17, 15) is 8.42 Å². The van der Waals surface area contributed by atoms with Crippen LogP contribution in [0.15, 0.2) is 53.4 Å². The number of rotatable bonds is 6. The van der Waals surface area contributed by atoms with Crippen molar-refractivity contribution in [2.75, 3.05) is 24.6 Å². The third-order valence-electron chi connectivity index (χ3n) is 3.76. The van der Waals surface area contributed by atoms with Crippen LogP contribution < -0.4 is 9.04 Å². The van der Waals surface area contributed by atoms with Crippen LogP contribution in [0.1, 0.15) is 5.56 Å². The molecule has 122 valence electrons. The molecule has 1 fully saturated rings. The van der Waals surface area contributed by atoms with Gasteiger partial charge in [0, 0.05) is 13.1 Å². The molecule has 2 aromatic carbocycles. The Labute approximate surface area is 136 Å². The monoisotopic (exact) mass is 333 g/mol. The molecule has 0 spiro atoms. The number of hydrogen-bond donors (Lipinski definition) is 0. The highest BCUT2D eigenvalue weighted by Crippen LogP contribution is 2.27. The molecule has 1 saturated heterocycles. The fourth-order valence-electron chi connectivity index (χ4n) is 2.18. The number of hydrogen-bond acceptors (Lipinski definition) is 4. The number of epoxide rings is 1. The van der Waals surface area contributed by atoms with E-state index in [-0.39, 0.29) is 11.0 Å². The first-order chi connectivity index (χ1) is 11.0. The Bertz CT molecular complexity index is 785. The molecule has 5 nitrogen and oxygen atoms in total. The predicted octanol–water partition coefficient (Wildman–Crippen LogP) is 2.60. The quantitative estimate of drug-likeness (QED) is 0.763. The van der Waals surface area contributed by atoms with Gasteiger partial charge in [-0.2, -0.15) is 0 Å². The molecular formula is C17H19NO4S. The highest BCUT2D eigenvalue weighted by atomic mass is 32.2. The fourth-order valence-corrected chi connectivity index (χ4v) is 3.39. The van der Waals surface area contributed by atoms with Crippen molar-refractivity contribution >= 4 is 15.7 Å². The molecule has 0 bridgehead atoms. The smallest absolute Gasteiger partial charge is 0.264 e. The van der Waals surface area contributed by atoms with Gasteiger partial charge >= 0.3 is 0 Å². The molecule has 6 heteroatoms. The van der Waals surface area contributed by atoms with Gasteiger partial charge in [0.25, 0.3) is 10.0 Å². The number of para-hydroxylation sites is 1. The van der Waals surface area contributed by atoms with E-state index in [4.69, 9.17) is 9.47 Å². The number of sulfonamides is 1. The topological polar surface area (TPSA) is 59.1 Å². The molecule has 1 aliphatic rings. The summed E-state index contributed by atoms with van der Waals surface area (Å²) in [4.78, 5) is 0.209. The standard InChI is InChI=1S/C17H19NO4S/c1-13-8-9-16(10-17(13)22-12-15-11-21-15)23(19,20)18(2)14-6-4-3-5-7-14/h3-10,15H,11-12H2,1-2H3. The summed E-state index contributed by atoms with van der Waals surface area (Å²) in [7, 11) is -2.09. The van der Waals surface area contributed by atoms with Gasteiger partial charge in [0.05, 0.1) is 17.2 Å². The minimum Gasteiger partial charge on any atom is -0.490 e. The second kappa shape index (κ2) is 6.22. The lowest BCUT2D eigenvalue weighted by Crippen LogP contribution is -2.26. The van der Waals surface area contributed by atoms with Gasteiger partial charge in [-0.3, -0.25) is 4.31 Å². The van der Waals surface area contributed by atoms with Crippen LogP contribution in [0.5, 0.6) is 5.75 Å². The highest BCUT2D eigenvalue weighted by Gasteiger charge is 2.25. The van der Waals surface area contributed by atoms with Gasteiger partial charge in [0.2, 0.25) is 0 Å². The van der Waals surface area contributed by atoms with E-state index in [1.807, 2.05) is 13.0 Å². The molecule has 0 N–H and O–H groups in total. The fraction of sp³-hybridized carbons (Fsp3) is 0.294. The Kier molecular flexibility index (Phi) is 4.28. The maximum absolute atomic E-state index is 12.8. The molecule has 23 heavy (non-hydrogen) atoms. The van der Waals surface area contributed by atoms with E-state index in [0.29, 0.717) is 24.7 Å². The van der Waals surface area contributed by atoms with E-state index in [1.54, 1.807) is 49.5 Å². The van der Waals surface area contributed by atoms with Gasteiger partial charge in [-0.25, -0.2) is 8.42 Å². The zero-order valence-electron chi connectivity index (χ0n) is 13.1. The molecule has 1 aliphatic heterocycles. The van der Waals surface area contributed by atoms with E-state index >= 15 is 0 Å². The summed E-state index contributed by atoms with van der Waals surface area (Å²) in [6, 6.07) is 13.9. The van der Waals surface area contributed by atoms with Gasteiger partial charge in [0.1, 0.15) is 18.5 Å². The van der Waals surface area contributed by atoms with Crippen molar-refractivity contribution in [3.8, 4) is 5.75 Å². The summed E-state index contributed by atoms with van der Waals surface area (Å²) in [6.07, 6.45) is 0.127. The van der Waals surface area contributed by atoms with Crippen LogP contribution in [0.3, 0.4) is 0 Å². The zero-order chi connectivity index (χ0) is 16.4. The van der Waals surface area contributed by atoms with Crippen molar-refractivity contribution in [1.29, 1.82) is 0 Å². The van der Waals surface area contributed by atoms with Gasteiger partial charge in [0.15, 0.2) is 0 Å². The maximum Gasteiger partial charge on any atom is 0.264 e. The first kappa shape index (κ1) is 15.8. The lowest BCUT2D eigenvalue weighted by Gasteiger charge is -2.20. The average molecular weight is 333 g/mol. The molecule has 0 saturated carbocycles. The number of anilines is 1. The van der Waals surface area contributed by atoms with Gasteiger partial charge in [-0.15, -0.1) is 0 Å². The Balaban J connectivity index is 1.88. The second-order valence-electron chi connectivity index (χ2n) is 5.50. The van der Waals surface area contributed by atoms with E-state index in [1.165, 1.54) is 4.31 Å². The number of aryl methyl sites for hydroxylation is 1. The maximum atomic E-state index is 12.8. The van der Waals surface area contributed by atoms with Crippen LogP contribution in [0.2, 0.25) is 0 Å². The van der Waals surface area contributed by atoms with Crippen LogP contribution in [0.25, 0.3) is 0 Å². The molecule has 0 amide bonds. The molecule has 1 unspecified atom stereocenters. The van der Waals surface area contributed by atoms with Crippen molar-refractivity contribution in [2.45, 2.75) is 17.9 Å². The summed E-state index contributed by atoms with van der Waals surface area (Å²) in [5, 5.41) is 0. The SMILES string of the molecule is Cc1ccc(S(=O)(=O)N(C)c2ccccc2)cc1OCC1CO1. The van der Waals surface area contributed by atoms with Crippen molar-refractivity contribution in [1.82, 2.24) is 0 Å². The van der Waals surface area contributed by atoms with Gasteiger partial charge in [-0.05, 0) is 30.7 Å². The Morgan fingerprint density at radius 3 is 2.57 bits per heavy atom. The third kappa shape index (κ3) is 3.48. The lowest BCUT2D eigenvalue weighted by atomic mass is 10.2. The number of ether oxygens (including phenoxy) is 2. The predicted molar refractivity (Wildman–Crippen MR) is 88.4 cm³/mol. The minimum atomic E-state index is -3.63. The Morgan fingerprint density at radius 1 is 1.22 bits per heavy atom. The normalized spacial score (nSPS) is 16.9. The molecule has 1 atom stereocenters. The van der Waals surface area contributed by atoms with Crippen LogP contribution >= 0.6 is 0 Å². The van der Waals surface area contributed by atoms with Crippen molar-refractivity contribution < 1.29 is 17.9 Å². The molecule has 2 aromatic rings. The third-order valence-corrected chi connectivity index (χ3v) is 5.55. The summed E-state index contributed by atoms with van der Waals surface area (Å²) in [6.45, 7) is 3.03. The summed E-state index contributed by atoms with van der Waals surface area (Å²) in [5.41, 5.74) is 1.51. The van der Waals surface area contributed by atoms with Crippen molar-refractivity contribution in [2.24, 2.45) is 0 Å². The molecule has 1 heterocycles. The zero-order valence-corrected chi connectivity index (χ0v) is 13.9. The van der Waals surface area contributed by atoms with Crippen LogP contribution in [0, 0.1) is 6.92 Å². The van der Waals surface area contributed by atoms with E-state index < -0.39 is 10.0 Å². The minimum absolute atomic E-state index is 0.127. The average Bonchev–Trinajstić information content (AvgIpc) is 3.38. The van der Waals surface area contributed by atoms with Gasteiger partial charge in [-0.1, -0.05) is 24.3 Å². The number of benzene rings is 2. The van der Waals surface area contributed by atoms with Gasteiger partial charge < -0.3 is 9.47 Å². The Morgan fingerprint density at radius 2 is 1.91 bits per heavy atom. The highest BCUT2D eigenvalue weighted by molar-refractivity contribution is 7.92. The summed E-state index contributed by atoms with van der Waals surface area (Å²) < 4.78 is 37.6. The Hall–Kier alpha value is -2.05. The number of nitrogens with zero attached hydrogens (tertiary/aromatic N) is 1. The van der Waals surface area contributed by atoms with Crippen molar-refractivity contribution in [3.63, 3.8) is 0 Å². The van der Waals surface area contributed by atoms with Crippen molar-refractivity contribution in [3.05, 3.63) is 54.1 Å². The van der Waals surface area contributed by atoms with Crippen LogP contribution in [0.4, 0.5) is 5.69 Å². The molecular weight excluding hydrogens is 314 g/mol. The van der Waals surface area contributed by atoms with E-state index in [2.05, 4.69) is 0 Å². The summed E-state index contributed by atoms with van der Waals surface area (Å²) >= 11 is 0. The molecule has 3 rings (SSSR count). The second-order valence-corrected chi connectivity index (χ2v) is 7.47. The van der Waals surface area contributed by atoms with Crippen LogP contribution in [-0.2, 0) is 14.8 Å².